The van der Waals surface area contributed by atoms with E-state index in [2.05, 4.69) is 0 Å². The smallest absolute Gasteiger partial charge is 0.184 e. The molecule has 6 heteroatoms. The van der Waals surface area contributed by atoms with Crippen LogP contribution in [0.25, 0.3) is 0 Å². The van der Waals surface area contributed by atoms with Gasteiger partial charge in [-0.25, -0.2) is 0 Å². The lowest BCUT2D eigenvalue weighted by molar-refractivity contribution is -0.256. The van der Waals surface area contributed by atoms with Crippen molar-refractivity contribution in [3.63, 3.8) is 0 Å². The predicted molar refractivity (Wildman–Crippen MR) is 52.6 cm³/mol. The molecule has 1 aliphatic heterocycles. The van der Waals surface area contributed by atoms with Gasteiger partial charge in [-0.3, -0.25) is 0 Å². The number of halogens is 1. The summed E-state index contributed by atoms with van der Waals surface area (Å²) in [6.07, 6.45) is -3.20. The number of aliphatic hydroxyl groups is 3. The number of rotatable bonds is 2. The highest BCUT2D eigenvalue weighted by atomic mass is 124. The topological polar surface area (TPSA) is 79.2 Å². The van der Waals surface area contributed by atoms with Crippen molar-refractivity contribution in [3.05, 3.63) is 0 Å². The van der Waals surface area contributed by atoms with Gasteiger partial charge >= 0.3 is 0 Å². The third-order valence-corrected chi connectivity index (χ3v) is 3.51. The van der Waals surface area contributed by atoms with Crippen LogP contribution in [-0.4, -0.2) is 57.6 Å². The first kappa shape index (κ1) is 11.6. The molecule has 1 saturated heterocycles. The van der Waals surface area contributed by atoms with Crippen molar-refractivity contribution < 1.29 is 24.8 Å². The zero-order valence-electron chi connectivity index (χ0n) is 7.13. The minimum atomic E-state index is -0.872. The minimum Gasteiger partial charge on any atom is -0.394 e. The molecule has 0 aromatic rings. The Labute approximate surface area is 89.8 Å². The lowest BCUT2D eigenvalue weighted by Crippen LogP contribution is -2.56. The van der Waals surface area contributed by atoms with Gasteiger partial charge in [-0.1, -0.05) is 22.6 Å². The third kappa shape index (κ3) is 2.31. The molecule has 5 nitrogen and oxygen atoms in total. The van der Waals surface area contributed by atoms with Crippen molar-refractivity contribution in [2.24, 2.45) is 0 Å². The van der Waals surface area contributed by atoms with Crippen molar-refractivity contribution in [2.75, 3.05) is 13.7 Å². The molecule has 1 aliphatic rings. The van der Waals surface area contributed by atoms with Gasteiger partial charge in [0.15, 0.2) is 6.29 Å². The van der Waals surface area contributed by atoms with Gasteiger partial charge in [0.05, 0.1) is 16.6 Å². The number of ether oxygens (including phenoxy) is 2. The van der Waals surface area contributed by atoms with Gasteiger partial charge in [0.2, 0.25) is 0 Å². The van der Waals surface area contributed by atoms with Crippen LogP contribution in [0.4, 0.5) is 0 Å². The second kappa shape index (κ2) is 4.85. The molecule has 3 N–H and O–H groups in total. The molecule has 0 bridgehead atoms. The van der Waals surface area contributed by atoms with E-state index in [9.17, 15) is 10.2 Å². The SMILES string of the molecule is COC1O[C@H](CO)[C@@H](O)[C@H]([124I])[C@@H]1O. The maximum Gasteiger partial charge on any atom is 0.184 e. The summed E-state index contributed by atoms with van der Waals surface area (Å²) in [7, 11) is 1.41. The van der Waals surface area contributed by atoms with E-state index in [1.807, 2.05) is 22.6 Å². The Bertz CT molecular complexity index is 147. The maximum atomic E-state index is 9.52. The number of aliphatic hydroxyl groups excluding tert-OH is 3. The van der Waals surface area contributed by atoms with Crippen LogP contribution in [-0.2, 0) is 9.47 Å². The van der Waals surface area contributed by atoms with Crippen molar-refractivity contribution in [2.45, 2.75) is 28.5 Å². The normalized spacial score (nSPS) is 46.4. The second-order valence-electron chi connectivity index (χ2n) is 2.89. The van der Waals surface area contributed by atoms with Crippen LogP contribution in [0.2, 0.25) is 0 Å². The van der Waals surface area contributed by atoms with E-state index in [1.54, 1.807) is 0 Å². The Morgan fingerprint density at radius 2 is 2.00 bits per heavy atom. The van der Waals surface area contributed by atoms with Crippen LogP contribution < -0.4 is 0 Å². The molecular formula is C7H13IO5. The van der Waals surface area contributed by atoms with Gasteiger partial charge in [0.1, 0.15) is 12.2 Å². The van der Waals surface area contributed by atoms with Gasteiger partial charge in [-0.2, -0.15) is 0 Å². The van der Waals surface area contributed by atoms with E-state index in [-0.39, 0.29) is 6.61 Å². The van der Waals surface area contributed by atoms with E-state index in [4.69, 9.17) is 14.6 Å². The van der Waals surface area contributed by atoms with Crippen molar-refractivity contribution in [1.29, 1.82) is 0 Å². The zero-order valence-corrected chi connectivity index (χ0v) is 9.29. The van der Waals surface area contributed by atoms with E-state index in [1.165, 1.54) is 7.11 Å². The lowest BCUT2D eigenvalue weighted by atomic mass is 10.0. The molecule has 0 saturated carbocycles. The van der Waals surface area contributed by atoms with Crippen LogP contribution in [0.1, 0.15) is 0 Å². The first-order chi connectivity index (χ1) is 6.11. The van der Waals surface area contributed by atoms with Gasteiger partial charge in [0, 0.05) is 7.11 Å². The summed E-state index contributed by atoms with van der Waals surface area (Å²) in [6.45, 7) is -0.284. The summed E-state index contributed by atoms with van der Waals surface area (Å²) in [5.41, 5.74) is 0. The molecule has 1 fully saturated rings. The summed E-state index contributed by atoms with van der Waals surface area (Å²) >= 11 is 1.91. The van der Waals surface area contributed by atoms with Gasteiger partial charge < -0.3 is 24.8 Å². The average Bonchev–Trinajstić information content (AvgIpc) is 2.15. The Hall–Kier alpha value is 0.530. The number of alkyl halides is 1. The highest BCUT2D eigenvalue weighted by Crippen LogP contribution is 2.26. The first-order valence-electron chi connectivity index (χ1n) is 3.91. The van der Waals surface area contributed by atoms with Gasteiger partial charge in [-0.15, -0.1) is 0 Å². The van der Waals surface area contributed by atoms with Crippen molar-refractivity contribution in [3.8, 4) is 0 Å². The van der Waals surface area contributed by atoms with E-state index >= 15 is 0 Å². The maximum absolute atomic E-state index is 9.52. The molecule has 0 aliphatic carbocycles. The summed E-state index contributed by atoms with van der Waals surface area (Å²) in [5, 5.41) is 27.9. The third-order valence-electron chi connectivity index (χ3n) is 2.03. The van der Waals surface area contributed by atoms with Crippen molar-refractivity contribution >= 4 is 22.6 Å². The fourth-order valence-corrected chi connectivity index (χ4v) is 2.04. The summed E-state index contributed by atoms with van der Waals surface area (Å²) < 4.78 is 9.56. The highest BCUT2D eigenvalue weighted by Gasteiger charge is 2.42. The molecule has 1 unspecified atom stereocenters. The molecule has 5 atom stereocenters. The first-order valence-corrected chi connectivity index (χ1v) is 5.15. The molecule has 0 spiro atoms. The second-order valence-corrected chi connectivity index (χ2v) is 4.33. The largest absolute Gasteiger partial charge is 0.394 e. The minimum absolute atomic E-state index is 0.284. The standard InChI is InChI=1S/C7H13IO5/c1-12-7-6(11)4(8)5(10)3(2-9)13-7/h3-7,9-11H,2H2,1H3/t3-,4+,5-,6+,7?/m1/s1/i8-3. The molecule has 1 heterocycles. The summed E-state index contributed by atoms with van der Waals surface area (Å²) in [5.74, 6) is 0. The fourth-order valence-electron chi connectivity index (χ4n) is 1.24. The van der Waals surface area contributed by atoms with Crippen LogP contribution in [0.15, 0.2) is 0 Å². The summed E-state index contributed by atoms with van der Waals surface area (Å²) in [4.78, 5) is 0. The molecule has 1 rings (SSSR count). The van der Waals surface area contributed by atoms with Crippen LogP contribution >= 0.6 is 22.6 Å². The van der Waals surface area contributed by atoms with E-state index < -0.39 is 28.5 Å². The number of methoxy groups -OCH3 is 1. The zero-order chi connectivity index (χ0) is 10.0. The molecule has 0 radical (unpaired) electrons. The molecule has 78 valence electrons. The van der Waals surface area contributed by atoms with Crippen LogP contribution in [0, 0.1) is 0 Å². The Morgan fingerprint density at radius 1 is 1.38 bits per heavy atom. The highest BCUT2D eigenvalue weighted by molar-refractivity contribution is 14.1. The average molecular weight is 301 g/mol. The molecule has 0 aromatic carbocycles. The number of hydrogen-bond donors (Lipinski definition) is 3. The molecule has 0 aromatic heterocycles. The van der Waals surface area contributed by atoms with E-state index in [0.717, 1.165) is 0 Å². The van der Waals surface area contributed by atoms with E-state index in [0.29, 0.717) is 0 Å². The van der Waals surface area contributed by atoms with Crippen LogP contribution in [0.5, 0.6) is 0 Å². The number of hydrogen-bond acceptors (Lipinski definition) is 5. The molecule has 0 amide bonds. The Kier molecular flexibility index (Phi) is 4.33. The lowest BCUT2D eigenvalue weighted by Gasteiger charge is -2.39. The summed E-state index contributed by atoms with van der Waals surface area (Å²) in [6, 6.07) is 0. The Balaban J connectivity index is 2.66. The fraction of sp³-hybridized carbons (Fsp3) is 1.00. The monoisotopic (exact) mass is 301 g/mol. The van der Waals surface area contributed by atoms with Gasteiger partial charge in [0.25, 0.3) is 0 Å². The van der Waals surface area contributed by atoms with Gasteiger partial charge in [-0.05, 0) is 0 Å². The quantitative estimate of drug-likeness (QED) is 0.445. The molecule has 13 heavy (non-hydrogen) atoms. The predicted octanol–water partition coefficient (Wildman–Crippen LogP) is -1.12. The van der Waals surface area contributed by atoms with Crippen molar-refractivity contribution in [1.82, 2.24) is 0 Å². The molecular weight excluding hydrogens is 288 g/mol. The van der Waals surface area contributed by atoms with Crippen LogP contribution in [0.3, 0.4) is 0 Å². The Morgan fingerprint density at radius 3 is 2.46 bits per heavy atom.